The van der Waals surface area contributed by atoms with Gasteiger partial charge in [0.25, 0.3) is 11.4 Å². The summed E-state index contributed by atoms with van der Waals surface area (Å²) in [5.41, 5.74) is 0.998. The number of nitro groups is 1. The first-order valence-corrected chi connectivity index (χ1v) is 7.85. The molecule has 0 fully saturated rings. The van der Waals surface area contributed by atoms with E-state index in [9.17, 15) is 25.7 Å². The van der Waals surface area contributed by atoms with Gasteiger partial charge in [0.1, 0.15) is 5.92 Å². The van der Waals surface area contributed by atoms with E-state index >= 15 is 0 Å². The molecule has 1 aliphatic rings. The van der Waals surface area contributed by atoms with E-state index in [0.29, 0.717) is 16.6 Å². The molecular weight excluding hydrogens is 358 g/mol. The van der Waals surface area contributed by atoms with E-state index in [2.05, 4.69) is 14.8 Å². The van der Waals surface area contributed by atoms with Crippen LogP contribution in [0.5, 0.6) is 0 Å². The molecule has 1 unspecified atom stereocenters. The normalized spacial score (nSPS) is 16.3. The molecular formula is C16H12N5O6-. The lowest BCUT2D eigenvalue weighted by atomic mass is 9.84. The van der Waals surface area contributed by atoms with Gasteiger partial charge in [0, 0.05) is 22.2 Å². The SMILES string of the molecule is Cc1ccc2[nH]c(C)c(C3C([N+](=O)[O-])=CC(=[N+]([O-])[O-])c4no[n+]([O-])c43)c2c1. The van der Waals surface area contributed by atoms with E-state index in [4.69, 9.17) is 0 Å². The van der Waals surface area contributed by atoms with Gasteiger partial charge in [0.15, 0.2) is 0 Å². The van der Waals surface area contributed by atoms with E-state index in [1.165, 1.54) is 0 Å². The highest BCUT2D eigenvalue weighted by Gasteiger charge is 2.48. The average Bonchev–Trinajstić information content (AvgIpc) is 3.13. The summed E-state index contributed by atoms with van der Waals surface area (Å²) >= 11 is 0. The Bertz CT molecular complexity index is 1170. The van der Waals surface area contributed by atoms with E-state index in [-0.39, 0.29) is 16.3 Å². The maximum Gasteiger partial charge on any atom is 0.318 e. The van der Waals surface area contributed by atoms with E-state index in [1.807, 2.05) is 25.1 Å². The highest BCUT2D eigenvalue weighted by atomic mass is 16.8. The first-order valence-electron chi connectivity index (χ1n) is 7.85. The Balaban J connectivity index is 2.10. The number of nitrogens with one attached hydrogen (secondary N) is 1. The number of allylic oxidation sites excluding steroid dienone is 2. The largest absolute Gasteiger partial charge is 0.612 e. The lowest BCUT2D eigenvalue weighted by Gasteiger charge is -2.17. The zero-order chi connectivity index (χ0) is 19.5. The van der Waals surface area contributed by atoms with Crippen molar-refractivity contribution in [2.24, 2.45) is 0 Å². The lowest BCUT2D eigenvalue weighted by Crippen LogP contribution is -2.36. The van der Waals surface area contributed by atoms with Crippen LogP contribution in [0.1, 0.15) is 34.1 Å². The van der Waals surface area contributed by atoms with Gasteiger partial charge in [-0.2, -0.15) is 4.90 Å². The molecule has 0 amide bonds. The van der Waals surface area contributed by atoms with Gasteiger partial charge in [0.05, 0.1) is 16.2 Å². The molecule has 0 aliphatic heterocycles. The molecule has 2 heterocycles. The second kappa shape index (κ2) is 5.56. The van der Waals surface area contributed by atoms with Crippen molar-refractivity contribution in [3.8, 4) is 0 Å². The first-order chi connectivity index (χ1) is 12.8. The second-order valence-corrected chi connectivity index (χ2v) is 6.28. The summed E-state index contributed by atoms with van der Waals surface area (Å²) in [5, 5.41) is 50.7. The Labute approximate surface area is 150 Å². The van der Waals surface area contributed by atoms with Gasteiger partial charge < -0.3 is 20.6 Å². The number of rotatable bonds is 2. The molecule has 11 heteroatoms. The minimum absolute atomic E-state index is 0.00588. The predicted octanol–water partition coefficient (Wildman–Crippen LogP) is 1.51. The Kier molecular flexibility index (Phi) is 3.41. The summed E-state index contributed by atoms with van der Waals surface area (Å²) < 4.78 is 4.55. The van der Waals surface area contributed by atoms with Crippen LogP contribution in [0.4, 0.5) is 0 Å². The van der Waals surface area contributed by atoms with Gasteiger partial charge >= 0.3 is 5.69 Å². The fraction of sp³-hybridized carbons (Fsp3) is 0.188. The van der Waals surface area contributed by atoms with Crippen molar-refractivity contribution < 1.29 is 19.4 Å². The Morgan fingerprint density at radius 3 is 2.67 bits per heavy atom. The standard InChI is InChI=1S/C16H12N5O6/c1-7-3-4-10-9(5-7)13(8(2)17-10)14-11(19(22)23)6-12(20(24)25)15-16(14)21(26)27-18-15/h3-6,14,17H,1-2H3/q-1. The first kappa shape index (κ1) is 16.6. The van der Waals surface area contributed by atoms with Gasteiger partial charge in [-0.3, -0.25) is 14.7 Å². The minimum Gasteiger partial charge on any atom is -0.612 e. The molecule has 1 aromatic carbocycles. The summed E-state index contributed by atoms with van der Waals surface area (Å²) in [6, 6.07) is 5.54. The maximum absolute atomic E-state index is 12.2. The van der Waals surface area contributed by atoms with Crippen LogP contribution in [0.3, 0.4) is 0 Å². The molecule has 4 rings (SSSR count). The number of hydrogen-bond donors (Lipinski definition) is 1. The zero-order valence-electron chi connectivity index (χ0n) is 14.1. The third kappa shape index (κ3) is 2.32. The molecule has 0 spiro atoms. The molecule has 27 heavy (non-hydrogen) atoms. The molecule has 0 radical (unpaired) electrons. The third-order valence-electron chi connectivity index (χ3n) is 4.63. The fourth-order valence-electron chi connectivity index (χ4n) is 3.52. The van der Waals surface area contributed by atoms with Crippen LogP contribution in [-0.2, 0) is 0 Å². The zero-order valence-corrected chi connectivity index (χ0v) is 14.1. The van der Waals surface area contributed by atoms with E-state index < -0.39 is 27.2 Å². The smallest absolute Gasteiger partial charge is 0.318 e. The van der Waals surface area contributed by atoms with Crippen LogP contribution in [0.2, 0.25) is 0 Å². The Morgan fingerprint density at radius 1 is 1.26 bits per heavy atom. The van der Waals surface area contributed by atoms with Crippen LogP contribution < -0.4 is 4.90 Å². The van der Waals surface area contributed by atoms with Crippen molar-refractivity contribution in [3.05, 3.63) is 83.9 Å². The number of aromatic nitrogens is 3. The van der Waals surface area contributed by atoms with Crippen LogP contribution in [0, 0.1) is 39.6 Å². The molecule has 1 atom stereocenters. The quantitative estimate of drug-likeness (QED) is 0.406. The molecule has 0 saturated carbocycles. The summed E-state index contributed by atoms with van der Waals surface area (Å²) in [4.78, 5) is 13.3. The topological polar surface area (TPSA) is 161 Å². The molecule has 3 aromatic rings. The summed E-state index contributed by atoms with van der Waals surface area (Å²) in [7, 11) is 0. The molecule has 138 valence electrons. The molecule has 0 saturated heterocycles. The molecule has 0 bridgehead atoms. The van der Waals surface area contributed by atoms with Gasteiger partial charge in [-0.05, 0) is 30.9 Å². The van der Waals surface area contributed by atoms with Crippen molar-refractivity contribution >= 4 is 16.6 Å². The van der Waals surface area contributed by atoms with Crippen molar-refractivity contribution in [1.29, 1.82) is 0 Å². The fourth-order valence-corrected chi connectivity index (χ4v) is 3.52. The number of hydrogen-bond acceptors (Lipinski definition) is 7. The number of fused-ring (bicyclic) bond motifs is 2. The van der Waals surface area contributed by atoms with Crippen LogP contribution in [-0.4, -0.2) is 25.7 Å². The van der Waals surface area contributed by atoms with Crippen LogP contribution in [0.15, 0.2) is 34.6 Å². The van der Waals surface area contributed by atoms with Gasteiger partial charge in [-0.25, -0.2) is 0 Å². The number of aromatic amines is 1. The van der Waals surface area contributed by atoms with Crippen LogP contribution in [0.25, 0.3) is 10.9 Å². The summed E-state index contributed by atoms with van der Waals surface area (Å²) in [5.74, 6) is -1.17. The van der Waals surface area contributed by atoms with Crippen molar-refractivity contribution in [3.63, 3.8) is 0 Å². The Hall–Kier alpha value is -3.89. The van der Waals surface area contributed by atoms with Gasteiger partial charge in [-0.1, -0.05) is 11.6 Å². The number of H-pyrrole nitrogens is 1. The predicted molar refractivity (Wildman–Crippen MR) is 91.3 cm³/mol. The van der Waals surface area contributed by atoms with E-state index in [0.717, 1.165) is 17.2 Å². The summed E-state index contributed by atoms with van der Waals surface area (Å²) in [6.07, 6.45) is 0.837. The van der Waals surface area contributed by atoms with Gasteiger partial charge in [0.2, 0.25) is 5.69 Å². The molecule has 1 N–H and O–H groups in total. The minimum atomic E-state index is -1.17. The third-order valence-corrected chi connectivity index (χ3v) is 4.63. The second-order valence-electron chi connectivity index (χ2n) is 6.28. The van der Waals surface area contributed by atoms with Gasteiger partial charge in [-0.15, -0.1) is 0 Å². The highest BCUT2D eigenvalue weighted by molar-refractivity contribution is 6.06. The monoisotopic (exact) mass is 370 g/mol. The average molecular weight is 370 g/mol. The maximum atomic E-state index is 12.2. The van der Waals surface area contributed by atoms with Crippen molar-refractivity contribution in [2.45, 2.75) is 19.8 Å². The summed E-state index contributed by atoms with van der Waals surface area (Å²) in [6.45, 7) is 3.59. The number of benzene rings is 1. The molecule has 1 aliphatic carbocycles. The Morgan fingerprint density at radius 2 is 2.00 bits per heavy atom. The van der Waals surface area contributed by atoms with Crippen molar-refractivity contribution in [1.82, 2.24) is 10.1 Å². The number of nitrogens with zero attached hydrogens (tertiary/aromatic N) is 4. The molecule has 11 nitrogen and oxygen atoms in total. The van der Waals surface area contributed by atoms with Crippen molar-refractivity contribution in [2.75, 3.05) is 0 Å². The molecule has 2 aromatic heterocycles. The lowest BCUT2D eigenvalue weighted by molar-refractivity contribution is -0.808. The number of aryl methyl sites for hydroxylation is 2. The van der Waals surface area contributed by atoms with Crippen LogP contribution >= 0.6 is 0 Å². The highest BCUT2D eigenvalue weighted by Crippen LogP contribution is 2.41. The van der Waals surface area contributed by atoms with E-state index in [1.54, 1.807) is 6.92 Å².